The van der Waals surface area contributed by atoms with Crippen LogP contribution >= 0.6 is 0 Å². The minimum Gasteiger partial charge on any atom is -0.341 e. The number of rotatable bonds is 4. The van der Waals surface area contributed by atoms with Crippen molar-refractivity contribution in [3.8, 4) is 0 Å². The molecule has 0 bridgehead atoms. The van der Waals surface area contributed by atoms with Crippen LogP contribution in [0.2, 0.25) is 0 Å². The number of amides is 2. The number of carbonyl (C=O) groups is 2. The molecule has 2 rings (SSSR count). The molecule has 1 aromatic heterocycles. The number of hydrogen-bond acceptors (Lipinski definition) is 4. The molecule has 0 saturated carbocycles. The number of nitrogens with one attached hydrogen (secondary N) is 1. The van der Waals surface area contributed by atoms with Gasteiger partial charge in [-0.2, -0.15) is 0 Å². The van der Waals surface area contributed by atoms with E-state index in [-0.39, 0.29) is 18.4 Å². The Hall–Kier alpha value is -1.92. The molecule has 104 valence electrons. The summed E-state index contributed by atoms with van der Waals surface area (Å²) in [5.74, 6) is 0.325. The van der Waals surface area contributed by atoms with Crippen LogP contribution in [0.4, 0.5) is 5.82 Å². The van der Waals surface area contributed by atoms with Crippen molar-refractivity contribution in [3.63, 3.8) is 0 Å². The van der Waals surface area contributed by atoms with Crippen LogP contribution in [0.3, 0.4) is 0 Å². The van der Waals surface area contributed by atoms with E-state index in [1.165, 1.54) is 11.1 Å². The van der Waals surface area contributed by atoms with Crippen molar-refractivity contribution in [2.24, 2.45) is 0 Å². The lowest BCUT2D eigenvalue weighted by Gasteiger charge is -2.26. The first kappa shape index (κ1) is 13.5. The average molecular weight is 265 g/mol. The van der Waals surface area contributed by atoms with Gasteiger partial charge in [0.1, 0.15) is 6.54 Å². The minimum atomic E-state index is -0.116. The Morgan fingerprint density at radius 1 is 1.32 bits per heavy atom. The van der Waals surface area contributed by atoms with Gasteiger partial charge < -0.3 is 10.2 Å². The fraction of sp³-hybridized carbons (Fsp3) is 0.667. The van der Waals surface area contributed by atoms with E-state index in [1.54, 1.807) is 13.1 Å². The maximum Gasteiger partial charge on any atom is 0.244 e. The third-order valence-electron chi connectivity index (χ3n) is 3.13. The Labute approximate surface area is 112 Å². The molecule has 2 heterocycles. The molecule has 0 atom stereocenters. The summed E-state index contributed by atoms with van der Waals surface area (Å²) in [5.41, 5.74) is 0. The Bertz CT molecular complexity index is 451. The van der Waals surface area contributed by atoms with Gasteiger partial charge in [-0.1, -0.05) is 12.1 Å². The van der Waals surface area contributed by atoms with E-state index in [0.29, 0.717) is 12.2 Å². The molecule has 0 spiro atoms. The third-order valence-corrected chi connectivity index (χ3v) is 3.13. The molecule has 1 fully saturated rings. The topological polar surface area (TPSA) is 80.1 Å². The molecule has 1 N–H and O–H groups in total. The van der Waals surface area contributed by atoms with Crippen LogP contribution in [0.15, 0.2) is 6.20 Å². The maximum absolute atomic E-state index is 12.0. The highest BCUT2D eigenvalue weighted by molar-refractivity contribution is 5.89. The van der Waals surface area contributed by atoms with Gasteiger partial charge in [0.25, 0.3) is 0 Å². The largest absolute Gasteiger partial charge is 0.341 e. The molecule has 7 heteroatoms. The smallest absolute Gasteiger partial charge is 0.244 e. The lowest BCUT2D eigenvalue weighted by molar-refractivity contribution is -0.132. The van der Waals surface area contributed by atoms with Crippen LogP contribution in [-0.4, -0.2) is 44.8 Å². The highest BCUT2D eigenvalue weighted by Crippen LogP contribution is 2.09. The zero-order valence-electron chi connectivity index (χ0n) is 11.1. The van der Waals surface area contributed by atoms with Crippen LogP contribution in [0.5, 0.6) is 0 Å². The van der Waals surface area contributed by atoms with E-state index < -0.39 is 0 Å². The summed E-state index contributed by atoms with van der Waals surface area (Å²) in [4.78, 5) is 25.1. The van der Waals surface area contributed by atoms with Gasteiger partial charge in [-0.15, -0.1) is 5.10 Å². The van der Waals surface area contributed by atoms with E-state index in [9.17, 15) is 9.59 Å². The number of anilines is 1. The summed E-state index contributed by atoms with van der Waals surface area (Å²) >= 11 is 0. The molecule has 1 aliphatic heterocycles. The van der Waals surface area contributed by atoms with Gasteiger partial charge in [0.2, 0.25) is 11.8 Å². The first-order chi connectivity index (χ1) is 9.19. The summed E-state index contributed by atoms with van der Waals surface area (Å²) in [5, 5.41) is 10.3. The molecule has 0 radical (unpaired) electrons. The lowest BCUT2D eigenvalue weighted by atomic mass is 10.1. The number of carbonyl (C=O) groups excluding carboxylic acids is 2. The van der Waals surface area contributed by atoms with Gasteiger partial charge in [-0.25, -0.2) is 4.68 Å². The fourth-order valence-corrected chi connectivity index (χ4v) is 2.05. The van der Waals surface area contributed by atoms with E-state index in [2.05, 4.69) is 15.6 Å². The number of hydrogen-bond donors (Lipinski definition) is 1. The maximum atomic E-state index is 12.0. The highest BCUT2D eigenvalue weighted by atomic mass is 16.2. The Kier molecular flexibility index (Phi) is 4.48. The summed E-state index contributed by atoms with van der Waals surface area (Å²) < 4.78 is 1.46. The lowest BCUT2D eigenvalue weighted by Crippen LogP contribution is -2.37. The van der Waals surface area contributed by atoms with Gasteiger partial charge in [0, 0.05) is 19.5 Å². The molecule has 0 aromatic carbocycles. The van der Waals surface area contributed by atoms with Crippen LogP contribution in [0.25, 0.3) is 0 Å². The summed E-state index contributed by atoms with van der Waals surface area (Å²) in [6, 6.07) is 0. The average Bonchev–Trinajstić information content (AvgIpc) is 2.86. The van der Waals surface area contributed by atoms with Gasteiger partial charge in [-0.3, -0.25) is 9.59 Å². The molecule has 0 unspecified atom stereocenters. The monoisotopic (exact) mass is 265 g/mol. The van der Waals surface area contributed by atoms with Crippen LogP contribution in [0, 0.1) is 0 Å². The first-order valence-electron chi connectivity index (χ1n) is 6.67. The number of aromatic nitrogens is 3. The predicted octanol–water partition coefficient (Wildman–Crippen LogP) is 0.639. The Morgan fingerprint density at radius 3 is 2.74 bits per heavy atom. The SMILES string of the molecule is CCC(=O)Nc1cn(CC(=O)N2CCCCC2)nn1. The third kappa shape index (κ3) is 3.77. The number of likely N-dealkylation sites (tertiary alicyclic amines) is 1. The fourth-order valence-electron chi connectivity index (χ4n) is 2.05. The van der Waals surface area contributed by atoms with Crippen molar-refractivity contribution in [2.45, 2.75) is 39.2 Å². The van der Waals surface area contributed by atoms with Gasteiger partial charge in [0.05, 0.1) is 6.20 Å². The van der Waals surface area contributed by atoms with Crippen molar-refractivity contribution in [3.05, 3.63) is 6.20 Å². The van der Waals surface area contributed by atoms with Gasteiger partial charge in [0.15, 0.2) is 5.82 Å². The normalized spacial score (nSPS) is 15.3. The zero-order chi connectivity index (χ0) is 13.7. The van der Waals surface area contributed by atoms with E-state index in [0.717, 1.165) is 25.9 Å². The second kappa shape index (κ2) is 6.31. The highest BCUT2D eigenvalue weighted by Gasteiger charge is 2.17. The zero-order valence-corrected chi connectivity index (χ0v) is 11.1. The van der Waals surface area contributed by atoms with E-state index in [1.807, 2.05) is 4.90 Å². The van der Waals surface area contributed by atoms with Crippen molar-refractivity contribution in [1.82, 2.24) is 19.9 Å². The first-order valence-corrected chi connectivity index (χ1v) is 6.67. The van der Waals surface area contributed by atoms with E-state index in [4.69, 9.17) is 0 Å². The quantitative estimate of drug-likeness (QED) is 0.866. The van der Waals surface area contributed by atoms with Crippen molar-refractivity contribution in [1.29, 1.82) is 0 Å². The molecule has 7 nitrogen and oxygen atoms in total. The summed E-state index contributed by atoms with van der Waals surface area (Å²) in [6.45, 7) is 3.59. The van der Waals surface area contributed by atoms with Crippen molar-refractivity contribution >= 4 is 17.6 Å². The molecular weight excluding hydrogens is 246 g/mol. The number of piperidine rings is 1. The van der Waals surface area contributed by atoms with Crippen molar-refractivity contribution in [2.75, 3.05) is 18.4 Å². The van der Waals surface area contributed by atoms with Crippen LogP contribution in [0.1, 0.15) is 32.6 Å². The second-order valence-electron chi connectivity index (χ2n) is 4.64. The Morgan fingerprint density at radius 2 is 2.05 bits per heavy atom. The van der Waals surface area contributed by atoms with E-state index >= 15 is 0 Å². The second-order valence-corrected chi connectivity index (χ2v) is 4.64. The van der Waals surface area contributed by atoms with Crippen LogP contribution < -0.4 is 5.32 Å². The molecule has 1 aliphatic rings. The molecule has 19 heavy (non-hydrogen) atoms. The van der Waals surface area contributed by atoms with Crippen LogP contribution in [-0.2, 0) is 16.1 Å². The molecule has 2 amide bonds. The molecule has 0 aliphatic carbocycles. The summed E-state index contributed by atoms with van der Waals surface area (Å²) in [6.07, 6.45) is 5.30. The summed E-state index contributed by atoms with van der Waals surface area (Å²) in [7, 11) is 0. The predicted molar refractivity (Wildman–Crippen MR) is 69.4 cm³/mol. The standard InChI is InChI=1S/C12H19N5O2/c1-2-11(18)13-10-8-17(15-14-10)9-12(19)16-6-4-3-5-7-16/h8H,2-7,9H2,1H3,(H,13,18). The van der Waals surface area contributed by atoms with Gasteiger partial charge >= 0.3 is 0 Å². The number of nitrogens with zero attached hydrogens (tertiary/aromatic N) is 4. The minimum absolute atomic E-state index is 0.0537. The Balaban J connectivity index is 1.88. The van der Waals surface area contributed by atoms with Crippen molar-refractivity contribution < 1.29 is 9.59 Å². The molecule has 1 saturated heterocycles. The molecular formula is C12H19N5O2. The molecule has 1 aromatic rings. The van der Waals surface area contributed by atoms with Gasteiger partial charge in [-0.05, 0) is 19.3 Å².